The molecule has 0 aliphatic rings. The molecule has 3 aromatic rings. The molecule has 2 heteroatoms. The molecule has 16 heavy (non-hydrogen) atoms. The van der Waals surface area contributed by atoms with Gasteiger partial charge in [0.1, 0.15) is 5.69 Å². The van der Waals surface area contributed by atoms with Crippen molar-refractivity contribution in [3.8, 4) is 11.3 Å². The second kappa shape index (κ2) is 3.49. The summed E-state index contributed by atoms with van der Waals surface area (Å²) in [4.78, 5) is 0. The van der Waals surface area contributed by atoms with Gasteiger partial charge in [-0.3, -0.25) is 4.68 Å². The summed E-state index contributed by atoms with van der Waals surface area (Å²) in [7, 11) is 1.98. The van der Waals surface area contributed by atoms with Crippen molar-refractivity contribution >= 4 is 10.9 Å². The van der Waals surface area contributed by atoms with Gasteiger partial charge in [-0.2, -0.15) is 5.10 Å². The zero-order valence-electron chi connectivity index (χ0n) is 9.09. The van der Waals surface area contributed by atoms with Crippen molar-refractivity contribution in [3.05, 3.63) is 54.6 Å². The number of benzene rings is 2. The zero-order chi connectivity index (χ0) is 11.0. The largest absolute Gasteiger partial charge is 0.267 e. The molecule has 3 rings (SSSR count). The predicted octanol–water partition coefficient (Wildman–Crippen LogP) is 3.24. The van der Waals surface area contributed by atoms with Gasteiger partial charge >= 0.3 is 0 Å². The number of fused-ring (bicyclic) bond motifs is 1. The lowest BCUT2D eigenvalue weighted by Gasteiger charge is -1.95. The Morgan fingerprint density at radius 1 is 0.875 bits per heavy atom. The topological polar surface area (TPSA) is 17.8 Å². The van der Waals surface area contributed by atoms with Crippen molar-refractivity contribution in [2.24, 2.45) is 7.05 Å². The van der Waals surface area contributed by atoms with E-state index in [1.54, 1.807) is 0 Å². The predicted molar refractivity (Wildman–Crippen MR) is 66.2 cm³/mol. The van der Waals surface area contributed by atoms with Crippen LogP contribution in [0, 0.1) is 0 Å². The third-order valence-corrected chi connectivity index (χ3v) is 2.81. The molecule has 0 spiro atoms. The number of aromatic nitrogens is 2. The highest BCUT2D eigenvalue weighted by molar-refractivity contribution is 5.93. The summed E-state index contributed by atoms with van der Waals surface area (Å²) in [5, 5.41) is 5.78. The maximum Gasteiger partial charge on any atom is 0.100 e. The molecule has 0 unspecified atom stereocenters. The summed E-state index contributed by atoms with van der Waals surface area (Å²) in [6.07, 6.45) is 0. The van der Waals surface area contributed by atoms with Crippen LogP contribution in [0.2, 0.25) is 0 Å². The first-order valence-corrected chi connectivity index (χ1v) is 5.33. The monoisotopic (exact) mass is 208 g/mol. The molecule has 0 amide bonds. The van der Waals surface area contributed by atoms with Crippen molar-refractivity contribution in [3.63, 3.8) is 0 Å². The van der Waals surface area contributed by atoms with Gasteiger partial charge in [0.15, 0.2) is 0 Å². The fourth-order valence-corrected chi connectivity index (χ4v) is 2.02. The molecule has 0 saturated carbocycles. The molecule has 0 fully saturated rings. The third kappa shape index (κ3) is 1.31. The van der Waals surface area contributed by atoms with E-state index >= 15 is 0 Å². The van der Waals surface area contributed by atoms with Crippen LogP contribution >= 0.6 is 0 Å². The van der Waals surface area contributed by atoms with Gasteiger partial charge in [-0.05, 0) is 6.07 Å². The Kier molecular flexibility index (Phi) is 2.00. The average Bonchev–Trinajstić information content (AvgIpc) is 2.69. The summed E-state index contributed by atoms with van der Waals surface area (Å²) >= 11 is 0. The van der Waals surface area contributed by atoms with Crippen molar-refractivity contribution < 1.29 is 0 Å². The molecule has 1 heterocycles. The molecule has 0 bridgehead atoms. The Labute approximate surface area is 94.1 Å². The molecule has 0 saturated heterocycles. The fourth-order valence-electron chi connectivity index (χ4n) is 2.02. The molecule has 0 aliphatic heterocycles. The Morgan fingerprint density at radius 3 is 2.38 bits per heavy atom. The molecule has 0 atom stereocenters. The van der Waals surface area contributed by atoms with E-state index in [2.05, 4.69) is 35.4 Å². The first-order chi connectivity index (χ1) is 7.86. The first kappa shape index (κ1) is 9.16. The molecule has 0 N–H and O–H groups in total. The normalized spacial score (nSPS) is 10.8. The van der Waals surface area contributed by atoms with Crippen molar-refractivity contribution in [2.75, 3.05) is 0 Å². The Morgan fingerprint density at radius 2 is 1.56 bits per heavy atom. The molecule has 1 aromatic heterocycles. The Hall–Kier alpha value is -2.09. The van der Waals surface area contributed by atoms with Crippen LogP contribution in [0.5, 0.6) is 0 Å². The van der Waals surface area contributed by atoms with Crippen molar-refractivity contribution in [1.82, 2.24) is 9.78 Å². The SMILES string of the molecule is Cn1nc(-c2ccccc2)c2ccccc21. The maximum atomic E-state index is 4.58. The molecule has 2 nitrogen and oxygen atoms in total. The number of hydrogen-bond donors (Lipinski definition) is 0. The summed E-state index contributed by atoms with van der Waals surface area (Å²) in [6.45, 7) is 0. The second-order valence-corrected chi connectivity index (χ2v) is 3.86. The van der Waals surface area contributed by atoms with E-state index in [1.807, 2.05) is 36.0 Å². The van der Waals surface area contributed by atoms with Crippen LogP contribution in [0.4, 0.5) is 0 Å². The van der Waals surface area contributed by atoms with E-state index in [0.717, 1.165) is 5.69 Å². The molecule has 0 radical (unpaired) electrons. The van der Waals surface area contributed by atoms with E-state index in [4.69, 9.17) is 0 Å². The average molecular weight is 208 g/mol. The minimum absolute atomic E-state index is 1.05. The van der Waals surface area contributed by atoms with Crippen LogP contribution in [0.3, 0.4) is 0 Å². The molecular formula is C14H12N2. The van der Waals surface area contributed by atoms with E-state index < -0.39 is 0 Å². The zero-order valence-corrected chi connectivity index (χ0v) is 9.09. The Balaban J connectivity index is 2.33. The van der Waals surface area contributed by atoms with Crippen LogP contribution in [0.25, 0.3) is 22.2 Å². The quantitative estimate of drug-likeness (QED) is 0.600. The minimum Gasteiger partial charge on any atom is -0.267 e. The summed E-state index contributed by atoms with van der Waals surface area (Å²) in [5.41, 5.74) is 3.39. The summed E-state index contributed by atoms with van der Waals surface area (Å²) < 4.78 is 1.93. The van der Waals surface area contributed by atoms with E-state index in [9.17, 15) is 0 Å². The maximum absolute atomic E-state index is 4.58. The van der Waals surface area contributed by atoms with Crippen LogP contribution in [0.15, 0.2) is 54.6 Å². The summed E-state index contributed by atoms with van der Waals surface area (Å²) in [6, 6.07) is 18.6. The number of nitrogens with zero attached hydrogens (tertiary/aromatic N) is 2. The molecular weight excluding hydrogens is 196 g/mol. The third-order valence-electron chi connectivity index (χ3n) is 2.81. The Bertz CT molecular complexity index is 624. The first-order valence-electron chi connectivity index (χ1n) is 5.33. The number of aryl methyl sites for hydroxylation is 1. The number of para-hydroxylation sites is 1. The van der Waals surface area contributed by atoms with Crippen molar-refractivity contribution in [1.29, 1.82) is 0 Å². The van der Waals surface area contributed by atoms with Crippen molar-refractivity contribution in [2.45, 2.75) is 0 Å². The second-order valence-electron chi connectivity index (χ2n) is 3.86. The minimum atomic E-state index is 1.05. The highest BCUT2D eigenvalue weighted by Gasteiger charge is 2.08. The van der Waals surface area contributed by atoms with Gasteiger partial charge < -0.3 is 0 Å². The molecule has 78 valence electrons. The lowest BCUT2D eigenvalue weighted by atomic mass is 10.1. The molecule has 0 aliphatic carbocycles. The smallest absolute Gasteiger partial charge is 0.100 e. The van der Waals surface area contributed by atoms with Gasteiger partial charge in [0.25, 0.3) is 0 Å². The highest BCUT2D eigenvalue weighted by Crippen LogP contribution is 2.26. The van der Waals surface area contributed by atoms with Gasteiger partial charge in [0.05, 0.1) is 5.52 Å². The lowest BCUT2D eigenvalue weighted by molar-refractivity contribution is 0.800. The van der Waals surface area contributed by atoms with Crippen LogP contribution in [0.1, 0.15) is 0 Å². The fraction of sp³-hybridized carbons (Fsp3) is 0.0714. The number of rotatable bonds is 1. The van der Waals surface area contributed by atoms with E-state index in [-0.39, 0.29) is 0 Å². The standard InChI is InChI=1S/C14H12N2/c1-16-13-10-6-5-9-12(13)14(15-16)11-7-3-2-4-8-11/h2-10H,1H3. The highest BCUT2D eigenvalue weighted by atomic mass is 15.3. The summed E-state index contributed by atoms with van der Waals surface area (Å²) in [5.74, 6) is 0. The lowest BCUT2D eigenvalue weighted by Crippen LogP contribution is -1.89. The van der Waals surface area contributed by atoms with Gasteiger partial charge in [0, 0.05) is 18.0 Å². The van der Waals surface area contributed by atoms with E-state index in [1.165, 1.54) is 16.5 Å². The van der Waals surface area contributed by atoms with Gasteiger partial charge in [-0.15, -0.1) is 0 Å². The van der Waals surface area contributed by atoms with Gasteiger partial charge in [-0.25, -0.2) is 0 Å². The van der Waals surface area contributed by atoms with Gasteiger partial charge in [-0.1, -0.05) is 48.5 Å². The van der Waals surface area contributed by atoms with Crippen LogP contribution in [-0.4, -0.2) is 9.78 Å². The van der Waals surface area contributed by atoms with Gasteiger partial charge in [0.2, 0.25) is 0 Å². The van der Waals surface area contributed by atoms with Crippen LogP contribution < -0.4 is 0 Å². The van der Waals surface area contributed by atoms with E-state index in [0.29, 0.717) is 0 Å². The number of hydrogen-bond acceptors (Lipinski definition) is 1. The van der Waals surface area contributed by atoms with Crippen LogP contribution in [-0.2, 0) is 7.05 Å². The molecule has 2 aromatic carbocycles.